The third-order valence-electron chi connectivity index (χ3n) is 8.72. The molecule has 2 aliphatic rings. The summed E-state index contributed by atoms with van der Waals surface area (Å²) in [7, 11) is 0. The van der Waals surface area contributed by atoms with Gasteiger partial charge in [-0.1, -0.05) is 19.1 Å². The molecular formula is C32H42F3N3O2. The summed E-state index contributed by atoms with van der Waals surface area (Å²) in [5, 5.41) is 3.00. The van der Waals surface area contributed by atoms with Gasteiger partial charge < -0.3 is 10.2 Å². The number of halogens is 3. The van der Waals surface area contributed by atoms with Crippen LogP contribution >= 0.6 is 0 Å². The Bertz CT molecular complexity index is 1250. The molecule has 2 aliphatic heterocycles. The molecule has 0 aromatic heterocycles. The van der Waals surface area contributed by atoms with Gasteiger partial charge in [-0.25, -0.2) is 13.2 Å². The minimum absolute atomic E-state index is 0.0149. The molecule has 2 fully saturated rings. The number of hydrogen-bond donors (Lipinski definition) is 1. The van der Waals surface area contributed by atoms with Gasteiger partial charge in [0.2, 0.25) is 11.8 Å². The minimum Gasteiger partial charge on any atom is -0.350 e. The summed E-state index contributed by atoms with van der Waals surface area (Å²) in [5.74, 6) is -2.42. The Labute approximate surface area is 236 Å². The van der Waals surface area contributed by atoms with Crippen molar-refractivity contribution in [2.75, 3.05) is 26.2 Å². The number of nitrogens with zero attached hydrogens (tertiary/aromatic N) is 2. The van der Waals surface area contributed by atoms with Crippen LogP contribution in [0.1, 0.15) is 94.0 Å². The number of benzene rings is 2. The third kappa shape index (κ3) is 6.37. The average Bonchev–Trinajstić information content (AvgIpc) is 3.34. The number of rotatable bonds is 6. The normalized spacial score (nSPS) is 21.5. The monoisotopic (exact) mass is 557 g/mol. The van der Waals surface area contributed by atoms with Crippen LogP contribution in [0.3, 0.4) is 0 Å². The van der Waals surface area contributed by atoms with E-state index in [1.165, 1.54) is 19.1 Å². The minimum atomic E-state index is -0.632. The fourth-order valence-electron chi connectivity index (χ4n) is 6.38. The summed E-state index contributed by atoms with van der Waals surface area (Å²) in [5.41, 5.74) is 2.54. The Morgan fingerprint density at radius 1 is 1.00 bits per heavy atom. The van der Waals surface area contributed by atoms with Crippen molar-refractivity contribution in [3.8, 4) is 0 Å². The highest BCUT2D eigenvalue weighted by Crippen LogP contribution is 2.40. The molecule has 2 saturated heterocycles. The largest absolute Gasteiger partial charge is 0.350 e. The Morgan fingerprint density at radius 2 is 1.68 bits per heavy atom. The molecular weight excluding hydrogens is 515 g/mol. The zero-order valence-corrected chi connectivity index (χ0v) is 24.5. The van der Waals surface area contributed by atoms with Crippen molar-refractivity contribution < 1.29 is 22.8 Å². The molecule has 218 valence electrons. The van der Waals surface area contributed by atoms with Crippen LogP contribution in [0.4, 0.5) is 13.2 Å². The van der Waals surface area contributed by atoms with E-state index in [-0.39, 0.29) is 41.0 Å². The number of likely N-dealkylation sites (tertiary alicyclic amines) is 2. The number of piperidine rings is 1. The van der Waals surface area contributed by atoms with E-state index >= 15 is 0 Å². The summed E-state index contributed by atoms with van der Waals surface area (Å²) in [6.45, 7) is 13.5. The fourth-order valence-corrected chi connectivity index (χ4v) is 6.38. The smallest absolute Gasteiger partial charge is 0.227 e. The molecule has 2 aromatic rings. The van der Waals surface area contributed by atoms with Gasteiger partial charge in [0, 0.05) is 50.6 Å². The molecule has 3 atom stereocenters. The van der Waals surface area contributed by atoms with Crippen LogP contribution in [0.5, 0.6) is 0 Å². The van der Waals surface area contributed by atoms with Gasteiger partial charge in [0.1, 0.15) is 17.5 Å². The van der Waals surface area contributed by atoms with Gasteiger partial charge in [0.15, 0.2) is 0 Å². The molecule has 0 aliphatic carbocycles. The maximum Gasteiger partial charge on any atom is 0.227 e. The van der Waals surface area contributed by atoms with E-state index in [9.17, 15) is 22.8 Å². The van der Waals surface area contributed by atoms with Gasteiger partial charge in [-0.3, -0.25) is 14.5 Å². The van der Waals surface area contributed by atoms with Crippen molar-refractivity contribution in [1.82, 2.24) is 15.1 Å². The number of amides is 2. The first-order valence-electron chi connectivity index (χ1n) is 14.4. The second-order valence-corrected chi connectivity index (χ2v) is 12.4. The predicted octanol–water partition coefficient (Wildman–Crippen LogP) is 6.22. The fraction of sp³-hybridized carbons (Fsp3) is 0.562. The van der Waals surface area contributed by atoms with E-state index < -0.39 is 17.6 Å². The van der Waals surface area contributed by atoms with Crippen molar-refractivity contribution in [3.63, 3.8) is 0 Å². The summed E-state index contributed by atoms with van der Waals surface area (Å²) < 4.78 is 43.3. The lowest BCUT2D eigenvalue weighted by Crippen LogP contribution is -2.44. The first-order valence-corrected chi connectivity index (χ1v) is 14.4. The molecule has 0 radical (unpaired) electrons. The molecule has 8 heteroatoms. The van der Waals surface area contributed by atoms with E-state index in [0.717, 1.165) is 17.2 Å². The highest BCUT2D eigenvalue weighted by molar-refractivity contribution is 5.81. The van der Waals surface area contributed by atoms with Crippen LogP contribution in [0.15, 0.2) is 30.3 Å². The number of hydrogen-bond acceptors (Lipinski definition) is 3. The molecule has 0 saturated carbocycles. The van der Waals surface area contributed by atoms with Crippen LogP contribution in [0.2, 0.25) is 0 Å². The Hall–Kier alpha value is -2.87. The van der Waals surface area contributed by atoms with Gasteiger partial charge in [-0.2, -0.15) is 0 Å². The molecule has 0 spiro atoms. The van der Waals surface area contributed by atoms with Gasteiger partial charge >= 0.3 is 0 Å². The average molecular weight is 558 g/mol. The van der Waals surface area contributed by atoms with Crippen LogP contribution in [0, 0.1) is 30.3 Å². The zero-order chi connectivity index (χ0) is 29.4. The highest BCUT2D eigenvalue weighted by Gasteiger charge is 2.45. The highest BCUT2D eigenvalue weighted by atomic mass is 19.1. The van der Waals surface area contributed by atoms with E-state index in [1.54, 1.807) is 13.0 Å². The number of carbonyl (C=O) groups excluding carboxylic acids is 2. The molecule has 1 N–H and O–H groups in total. The maximum atomic E-state index is 14.9. The Balaban J connectivity index is 1.55. The first-order chi connectivity index (χ1) is 18.8. The lowest BCUT2D eigenvalue weighted by Gasteiger charge is -2.36. The van der Waals surface area contributed by atoms with E-state index in [1.807, 2.05) is 17.9 Å². The molecule has 2 heterocycles. The zero-order valence-electron chi connectivity index (χ0n) is 24.5. The van der Waals surface area contributed by atoms with Crippen LogP contribution in [-0.4, -0.2) is 53.3 Å². The van der Waals surface area contributed by atoms with Gasteiger partial charge in [-0.05, 0) is 87.3 Å². The maximum absolute atomic E-state index is 14.9. The van der Waals surface area contributed by atoms with Crippen LogP contribution in [0.25, 0.3) is 0 Å². The van der Waals surface area contributed by atoms with E-state index in [4.69, 9.17) is 0 Å². The Morgan fingerprint density at radius 3 is 2.25 bits per heavy atom. The standard InChI is InChI=1S/C32H42F3N3O2/c1-7-30(36-20(3)39)25-14-19(2)28(34)16-24(25)21-10-12-37(13-11-21)31(40)27-18-38(32(4,5)6)17-26(27)23-9-8-22(33)15-29(23)35/h8-9,14-16,21,26-27,30H,7,10-13,17-18H2,1-6H3,(H,36,39)/t26?,27-,30?/m1/s1. The van der Waals surface area contributed by atoms with E-state index in [2.05, 4.69) is 31.0 Å². The number of nitrogens with one attached hydrogen (secondary N) is 1. The van der Waals surface area contributed by atoms with Crippen molar-refractivity contribution >= 4 is 11.8 Å². The molecule has 0 bridgehead atoms. The SMILES string of the molecule is CCC(NC(C)=O)c1cc(C)c(F)cc1C1CCN(C(=O)[C@@H]2CN(C(C)(C)C)CC2c2ccc(F)cc2F)CC1. The van der Waals surface area contributed by atoms with Crippen molar-refractivity contribution in [1.29, 1.82) is 0 Å². The summed E-state index contributed by atoms with van der Waals surface area (Å²) in [4.78, 5) is 29.8. The lowest BCUT2D eigenvalue weighted by atomic mass is 9.82. The van der Waals surface area contributed by atoms with Crippen molar-refractivity contribution in [2.45, 2.75) is 84.2 Å². The van der Waals surface area contributed by atoms with Gasteiger partial charge in [0.25, 0.3) is 0 Å². The Kier molecular flexibility index (Phi) is 8.98. The van der Waals surface area contributed by atoms with Crippen LogP contribution < -0.4 is 5.32 Å². The molecule has 40 heavy (non-hydrogen) atoms. The molecule has 2 amide bonds. The van der Waals surface area contributed by atoms with Crippen molar-refractivity contribution in [3.05, 3.63) is 70.0 Å². The number of aryl methyl sites for hydroxylation is 1. The first kappa shape index (κ1) is 30.1. The van der Waals surface area contributed by atoms with Crippen LogP contribution in [-0.2, 0) is 9.59 Å². The second-order valence-electron chi connectivity index (χ2n) is 12.4. The molecule has 4 rings (SSSR count). The summed E-state index contributed by atoms with van der Waals surface area (Å²) in [6.07, 6.45) is 2.02. The van der Waals surface area contributed by atoms with Gasteiger partial charge in [0.05, 0.1) is 12.0 Å². The molecule has 5 nitrogen and oxygen atoms in total. The lowest BCUT2D eigenvalue weighted by molar-refractivity contribution is -0.136. The van der Waals surface area contributed by atoms with Crippen molar-refractivity contribution in [2.24, 2.45) is 5.92 Å². The predicted molar refractivity (Wildman–Crippen MR) is 150 cm³/mol. The van der Waals surface area contributed by atoms with Gasteiger partial charge in [-0.15, -0.1) is 0 Å². The molecule has 2 unspecified atom stereocenters. The summed E-state index contributed by atoms with van der Waals surface area (Å²) >= 11 is 0. The number of carbonyl (C=O) groups is 2. The van der Waals surface area contributed by atoms with E-state index in [0.29, 0.717) is 56.6 Å². The summed E-state index contributed by atoms with van der Waals surface area (Å²) in [6, 6.07) is 6.86. The third-order valence-corrected chi connectivity index (χ3v) is 8.72. The molecule has 2 aromatic carbocycles. The quantitative estimate of drug-likeness (QED) is 0.459. The topological polar surface area (TPSA) is 52.7 Å². The second kappa shape index (κ2) is 11.9.